The predicted octanol–water partition coefficient (Wildman–Crippen LogP) is 3.51. The van der Waals surface area contributed by atoms with Gasteiger partial charge in [-0.25, -0.2) is 0 Å². The second-order valence-corrected chi connectivity index (χ2v) is 6.78. The Kier molecular flexibility index (Phi) is 3.67. The van der Waals surface area contributed by atoms with Crippen LogP contribution in [0.3, 0.4) is 0 Å². The third-order valence-corrected chi connectivity index (χ3v) is 4.86. The lowest BCUT2D eigenvalue weighted by atomic mass is 9.79. The van der Waals surface area contributed by atoms with Crippen molar-refractivity contribution < 1.29 is 5.11 Å². The molecular weight excluding hydrogens is 299 g/mol. The Morgan fingerprint density at radius 2 is 1.80 bits per heavy atom. The third-order valence-electron chi connectivity index (χ3n) is 3.44. The Balaban J connectivity index is 2.00. The third kappa shape index (κ3) is 2.72. The first-order valence-electron chi connectivity index (χ1n) is 5.58. The van der Waals surface area contributed by atoms with Gasteiger partial charge in [-0.2, -0.15) is 0 Å². The molecular formula is C13H17IO. The molecule has 2 heteroatoms. The number of hydrogen-bond acceptors (Lipinski definition) is 1. The van der Waals surface area contributed by atoms with Gasteiger partial charge in [0.15, 0.2) is 0 Å². The van der Waals surface area contributed by atoms with Crippen molar-refractivity contribution in [1.29, 1.82) is 0 Å². The minimum absolute atomic E-state index is 0.156. The van der Waals surface area contributed by atoms with E-state index in [1.54, 1.807) is 0 Å². The van der Waals surface area contributed by atoms with Gasteiger partial charge in [-0.05, 0) is 37.2 Å². The van der Waals surface area contributed by atoms with Crippen LogP contribution in [0.25, 0.3) is 0 Å². The second-order valence-electron chi connectivity index (χ2n) is 4.49. The molecule has 15 heavy (non-hydrogen) atoms. The van der Waals surface area contributed by atoms with Gasteiger partial charge in [-0.3, -0.25) is 0 Å². The van der Waals surface area contributed by atoms with E-state index in [0.717, 1.165) is 12.8 Å². The fourth-order valence-electron chi connectivity index (χ4n) is 2.35. The lowest BCUT2D eigenvalue weighted by Crippen LogP contribution is -2.30. The molecule has 82 valence electrons. The van der Waals surface area contributed by atoms with E-state index in [-0.39, 0.29) is 3.42 Å². The monoisotopic (exact) mass is 316 g/mol. The van der Waals surface area contributed by atoms with Gasteiger partial charge in [0.05, 0.1) is 6.61 Å². The van der Waals surface area contributed by atoms with Gasteiger partial charge in [0, 0.05) is 3.42 Å². The van der Waals surface area contributed by atoms with Crippen LogP contribution in [0.5, 0.6) is 0 Å². The summed E-state index contributed by atoms with van der Waals surface area (Å²) in [7, 11) is 0. The van der Waals surface area contributed by atoms with Crippen LogP contribution in [0.2, 0.25) is 0 Å². The molecule has 0 amide bonds. The summed E-state index contributed by atoms with van der Waals surface area (Å²) in [5, 5.41) is 9.30. The Morgan fingerprint density at radius 1 is 1.20 bits per heavy atom. The van der Waals surface area contributed by atoms with Crippen LogP contribution in [0, 0.1) is 0 Å². The van der Waals surface area contributed by atoms with Crippen LogP contribution in [-0.2, 0) is 0 Å². The van der Waals surface area contributed by atoms with Crippen molar-refractivity contribution in [1.82, 2.24) is 0 Å². The maximum atomic E-state index is 9.30. The van der Waals surface area contributed by atoms with E-state index in [2.05, 4.69) is 52.9 Å². The normalized spacial score (nSPS) is 31.5. The van der Waals surface area contributed by atoms with Gasteiger partial charge in [0.2, 0.25) is 0 Å². The Hall–Kier alpha value is -0.0900. The fraction of sp³-hybridized carbons (Fsp3) is 0.538. The summed E-state index contributed by atoms with van der Waals surface area (Å²) in [6, 6.07) is 10.8. The van der Waals surface area contributed by atoms with E-state index >= 15 is 0 Å². The summed E-state index contributed by atoms with van der Waals surface area (Å²) in [5.41, 5.74) is 1.47. The van der Waals surface area contributed by atoms with Crippen molar-refractivity contribution in [3.8, 4) is 0 Å². The Morgan fingerprint density at radius 3 is 2.33 bits per heavy atom. The van der Waals surface area contributed by atoms with Gasteiger partial charge in [0.25, 0.3) is 0 Å². The molecule has 1 nitrogen and oxygen atoms in total. The molecule has 0 spiro atoms. The van der Waals surface area contributed by atoms with E-state index in [1.807, 2.05) is 0 Å². The van der Waals surface area contributed by atoms with E-state index in [4.69, 9.17) is 0 Å². The zero-order valence-corrected chi connectivity index (χ0v) is 11.0. The number of benzene rings is 1. The number of aliphatic hydroxyl groups excluding tert-OH is 1. The molecule has 0 radical (unpaired) electrons. The van der Waals surface area contributed by atoms with Crippen LogP contribution in [0.15, 0.2) is 30.3 Å². The van der Waals surface area contributed by atoms with Crippen molar-refractivity contribution in [3.63, 3.8) is 0 Å². The van der Waals surface area contributed by atoms with Crippen LogP contribution >= 0.6 is 22.6 Å². The zero-order chi connectivity index (χ0) is 10.7. The Bertz CT molecular complexity index is 302. The van der Waals surface area contributed by atoms with E-state index < -0.39 is 0 Å². The van der Waals surface area contributed by atoms with Crippen LogP contribution in [0.4, 0.5) is 0 Å². The van der Waals surface area contributed by atoms with E-state index in [9.17, 15) is 5.11 Å². The summed E-state index contributed by atoms with van der Waals surface area (Å²) in [4.78, 5) is 0. The fourth-order valence-corrected chi connectivity index (χ4v) is 2.97. The lowest BCUT2D eigenvalue weighted by Gasteiger charge is -2.34. The van der Waals surface area contributed by atoms with E-state index in [1.165, 1.54) is 18.4 Å². The second kappa shape index (κ2) is 4.83. The first-order valence-corrected chi connectivity index (χ1v) is 6.66. The van der Waals surface area contributed by atoms with Crippen LogP contribution in [-0.4, -0.2) is 15.1 Å². The molecule has 1 aromatic carbocycles. The number of halogens is 1. The van der Waals surface area contributed by atoms with Crippen molar-refractivity contribution in [2.75, 3.05) is 6.61 Å². The average Bonchev–Trinajstić information content (AvgIpc) is 2.31. The highest BCUT2D eigenvalue weighted by Gasteiger charge is 2.32. The predicted molar refractivity (Wildman–Crippen MR) is 71.5 cm³/mol. The maximum absolute atomic E-state index is 9.30. The van der Waals surface area contributed by atoms with Gasteiger partial charge in [-0.1, -0.05) is 52.9 Å². The first-order chi connectivity index (χ1) is 7.23. The minimum Gasteiger partial charge on any atom is -0.395 e. The molecule has 0 aromatic heterocycles. The number of aliphatic hydroxyl groups is 1. The molecule has 1 aliphatic carbocycles. The van der Waals surface area contributed by atoms with Gasteiger partial charge in [0.1, 0.15) is 0 Å². The molecule has 0 atom stereocenters. The molecule has 1 aliphatic rings. The highest BCUT2D eigenvalue weighted by atomic mass is 127. The number of hydrogen-bond donors (Lipinski definition) is 1. The summed E-state index contributed by atoms with van der Waals surface area (Å²) < 4.78 is 0.156. The van der Waals surface area contributed by atoms with Crippen LogP contribution in [0.1, 0.15) is 37.2 Å². The molecule has 2 rings (SSSR count). The molecule has 0 unspecified atom stereocenters. The smallest absolute Gasteiger partial charge is 0.0577 e. The highest BCUT2D eigenvalue weighted by molar-refractivity contribution is 14.1. The van der Waals surface area contributed by atoms with Crippen molar-refractivity contribution in [2.24, 2.45) is 0 Å². The SMILES string of the molecule is OCC1(I)CCC(c2ccccc2)CC1. The highest BCUT2D eigenvalue weighted by Crippen LogP contribution is 2.42. The van der Waals surface area contributed by atoms with Gasteiger partial charge >= 0.3 is 0 Å². The zero-order valence-electron chi connectivity index (χ0n) is 8.82. The van der Waals surface area contributed by atoms with Crippen molar-refractivity contribution in [3.05, 3.63) is 35.9 Å². The van der Waals surface area contributed by atoms with Gasteiger partial charge < -0.3 is 5.11 Å². The van der Waals surface area contributed by atoms with Crippen molar-refractivity contribution >= 4 is 22.6 Å². The van der Waals surface area contributed by atoms with Crippen LogP contribution < -0.4 is 0 Å². The number of rotatable bonds is 2. The lowest BCUT2D eigenvalue weighted by molar-refractivity contribution is 0.217. The molecule has 1 N–H and O–H groups in total. The van der Waals surface area contributed by atoms with E-state index in [0.29, 0.717) is 12.5 Å². The molecule has 0 aliphatic heterocycles. The summed E-state index contributed by atoms with van der Waals surface area (Å²) in [5.74, 6) is 0.709. The number of alkyl halides is 1. The Labute approximate surface area is 105 Å². The molecule has 1 fully saturated rings. The molecule has 0 bridgehead atoms. The molecule has 0 saturated heterocycles. The van der Waals surface area contributed by atoms with Crippen molar-refractivity contribution in [2.45, 2.75) is 35.0 Å². The maximum Gasteiger partial charge on any atom is 0.0577 e. The average molecular weight is 316 g/mol. The standard InChI is InChI=1S/C13H17IO/c14-13(10-15)8-6-12(7-9-13)11-4-2-1-3-5-11/h1-5,12,15H,6-10H2. The minimum atomic E-state index is 0.156. The quantitative estimate of drug-likeness (QED) is 0.654. The summed E-state index contributed by atoms with van der Waals surface area (Å²) in [6.45, 7) is 0.328. The largest absolute Gasteiger partial charge is 0.395 e. The summed E-state index contributed by atoms with van der Waals surface area (Å²) >= 11 is 2.43. The topological polar surface area (TPSA) is 20.2 Å². The molecule has 1 saturated carbocycles. The van der Waals surface area contributed by atoms with Gasteiger partial charge in [-0.15, -0.1) is 0 Å². The first kappa shape index (κ1) is 11.4. The summed E-state index contributed by atoms with van der Waals surface area (Å²) in [6.07, 6.45) is 4.72. The molecule has 1 aromatic rings. The molecule has 0 heterocycles.